The maximum Gasteiger partial charge on any atom is 0.416 e. The monoisotopic (exact) mass is 505 g/mol. The van der Waals surface area contributed by atoms with Crippen LogP contribution in [0.1, 0.15) is 40.9 Å². The van der Waals surface area contributed by atoms with E-state index in [-0.39, 0.29) is 28.1 Å². The molecule has 0 radical (unpaired) electrons. The third-order valence-electron chi connectivity index (χ3n) is 5.02. The molecule has 184 valence electrons. The first-order valence-corrected chi connectivity index (χ1v) is 11.3. The quantitative estimate of drug-likeness (QED) is 0.364. The molecule has 0 atom stereocenters. The first-order chi connectivity index (χ1) is 16.5. The topological polar surface area (TPSA) is 74.6 Å². The van der Waals surface area contributed by atoms with Crippen LogP contribution < -0.4 is 19.5 Å². The maximum atomic E-state index is 13.3. The second-order valence-electron chi connectivity index (χ2n) is 7.44. The summed E-state index contributed by atoms with van der Waals surface area (Å²) in [4.78, 5) is 37.2. The van der Waals surface area contributed by atoms with E-state index in [0.717, 1.165) is 23.5 Å². The van der Waals surface area contributed by atoms with Crippen LogP contribution in [0.4, 0.5) is 13.2 Å². The second kappa shape index (κ2) is 10.7. The normalized spacial score (nSPS) is 12.6. The molecule has 6 nitrogen and oxygen atoms in total. The molecule has 0 saturated heterocycles. The molecule has 0 aliphatic heterocycles. The molecular weight excluding hydrogens is 483 g/mol. The summed E-state index contributed by atoms with van der Waals surface area (Å²) in [6.45, 7) is 3.20. The van der Waals surface area contributed by atoms with Gasteiger partial charge in [0.2, 0.25) is 0 Å². The predicted molar refractivity (Wildman–Crippen MR) is 126 cm³/mol. The molecule has 3 rings (SSSR count). The third-order valence-corrected chi connectivity index (χ3v) is 6.08. The van der Waals surface area contributed by atoms with Crippen LogP contribution in [0.25, 0.3) is 12.2 Å². The third kappa shape index (κ3) is 6.27. The number of carbonyl (C=O) groups excluding carboxylic acids is 2. The van der Waals surface area contributed by atoms with E-state index in [0.29, 0.717) is 22.4 Å². The molecule has 0 bridgehead atoms. The molecule has 0 amide bonds. The van der Waals surface area contributed by atoms with E-state index in [1.165, 1.54) is 42.9 Å². The summed E-state index contributed by atoms with van der Waals surface area (Å²) in [7, 11) is 1.46. The summed E-state index contributed by atoms with van der Waals surface area (Å²) in [5, 5.41) is 0. The van der Waals surface area contributed by atoms with Gasteiger partial charge in [-0.3, -0.25) is 14.2 Å². The number of esters is 1. The highest BCUT2D eigenvalue weighted by Gasteiger charge is 2.29. The van der Waals surface area contributed by atoms with Crippen LogP contribution in [0.15, 0.2) is 47.3 Å². The lowest BCUT2D eigenvalue weighted by molar-refractivity contribution is -0.137. The van der Waals surface area contributed by atoms with Crippen molar-refractivity contribution in [3.63, 3.8) is 0 Å². The Kier molecular flexibility index (Phi) is 7.96. The molecule has 0 aliphatic rings. The Morgan fingerprint density at radius 1 is 1.11 bits per heavy atom. The summed E-state index contributed by atoms with van der Waals surface area (Å²) in [5.74, 6) is -0.363. The van der Waals surface area contributed by atoms with E-state index >= 15 is 0 Å². The Morgan fingerprint density at radius 3 is 2.37 bits per heavy atom. The predicted octanol–water partition coefficient (Wildman–Crippen LogP) is 3.36. The van der Waals surface area contributed by atoms with Crippen LogP contribution in [-0.4, -0.2) is 30.0 Å². The number of aromatic nitrogens is 1. The minimum atomic E-state index is -4.47. The van der Waals surface area contributed by atoms with Crippen molar-refractivity contribution >= 4 is 35.2 Å². The van der Waals surface area contributed by atoms with Gasteiger partial charge < -0.3 is 9.47 Å². The lowest BCUT2D eigenvalue weighted by atomic mass is 10.1. The standard InChI is InChI=1S/C25H22F3NO5S/c1-4-34-23(31)13-22-29(14-18-12-17(15(2)30)7-10-20(18)33-3)24(32)21(35-22)11-16-5-8-19(9-6-16)25(26,27)28/h5-13H,4,14H2,1-3H3. The molecular formula is C25H22F3NO5S. The van der Waals surface area contributed by atoms with Crippen LogP contribution in [0.2, 0.25) is 0 Å². The van der Waals surface area contributed by atoms with Crippen LogP contribution >= 0.6 is 11.3 Å². The van der Waals surface area contributed by atoms with Crippen LogP contribution in [-0.2, 0) is 22.3 Å². The number of halogens is 3. The number of carbonyl (C=O) groups is 2. The number of nitrogens with zero attached hydrogens (tertiary/aromatic N) is 1. The van der Waals surface area contributed by atoms with Crippen molar-refractivity contribution in [2.24, 2.45) is 0 Å². The smallest absolute Gasteiger partial charge is 0.416 e. The fraction of sp³-hybridized carbons (Fsp3) is 0.240. The number of thiazole rings is 1. The molecule has 2 aromatic carbocycles. The van der Waals surface area contributed by atoms with Gasteiger partial charge in [-0.1, -0.05) is 12.1 Å². The first-order valence-electron chi connectivity index (χ1n) is 10.5. The van der Waals surface area contributed by atoms with Crippen molar-refractivity contribution in [3.05, 3.63) is 84.3 Å². The minimum Gasteiger partial charge on any atom is -0.496 e. The number of hydrogen-bond acceptors (Lipinski definition) is 6. The summed E-state index contributed by atoms with van der Waals surface area (Å²) in [6, 6.07) is 9.23. The Balaban J connectivity index is 2.16. The van der Waals surface area contributed by atoms with Crippen LogP contribution in [0.5, 0.6) is 5.75 Å². The molecule has 0 N–H and O–H groups in total. The van der Waals surface area contributed by atoms with Crippen molar-refractivity contribution in [3.8, 4) is 5.75 Å². The number of Topliss-reactive ketones (excluding diaryl/α,β-unsaturated/α-hetero) is 1. The number of alkyl halides is 3. The summed E-state index contributed by atoms with van der Waals surface area (Å²) >= 11 is 0.997. The van der Waals surface area contributed by atoms with E-state index in [9.17, 15) is 27.6 Å². The van der Waals surface area contributed by atoms with Gasteiger partial charge >= 0.3 is 12.1 Å². The zero-order valence-corrected chi connectivity index (χ0v) is 20.0. The number of hydrogen-bond donors (Lipinski definition) is 0. The van der Waals surface area contributed by atoms with E-state index in [4.69, 9.17) is 9.47 Å². The van der Waals surface area contributed by atoms with Crippen LogP contribution in [0.3, 0.4) is 0 Å². The first kappa shape index (κ1) is 26.0. The largest absolute Gasteiger partial charge is 0.496 e. The van der Waals surface area contributed by atoms with Gasteiger partial charge in [-0.05, 0) is 55.8 Å². The average Bonchev–Trinajstić information content (AvgIpc) is 3.07. The van der Waals surface area contributed by atoms with E-state index < -0.39 is 23.3 Å². The molecule has 10 heteroatoms. The van der Waals surface area contributed by atoms with Gasteiger partial charge in [0.15, 0.2) is 5.78 Å². The van der Waals surface area contributed by atoms with Gasteiger partial charge in [-0.2, -0.15) is 13.2 Å². The fourth-order valence-electron chi connectivity index (χ4n) is 3.29. The molecule has 1 heterocycles. The van der Waals surface area contributed by atoms with Gasteiger partial charge in [0.05, 0.1) is 36.4 Å². The van der Waals surface area contributed by atoms with E-state index in [2.05, 4.69) is 0 Å². The highest BCUT2D eigenvalue weighted by Crippen LogP contribution is 2.29. The molecule has 0 fully saturated rings. The maximum absolute atomic E-state index is 13.3. The van der Waals surface area contributed by atoms with Crippen molar-refractivity contribution in [1.29, 1.82) is 0 Å². The summed E-state index contributed by atoms with van der Waals surface area (Å²) in [6.07, 6.45) is -1.83. The Hall–Kier alpha value is -3.66. The van der Waals surface area contributed by atoms with E-state index in [1.807, 2.05) is 0 Å². The molecule has 0 saturated carbocycles. The number of benzene rings is 2. The van der Waals surface area contributed by atoms with Gasteiger partial charge in [0, 0.05) is 11.1 Å². The molecule has 0 unspecified atom stereocenters. The van der Waals surface area contributed by atoms with Crippen molar-refractivity contribution < 1.29 is 32.2 Å². The lowest BCUT2D eigenvalue weighted by Gasteiger charge is -2.10. The zero-order valence-electron chi connectivity index (χ0n) is 19.1. The molecule has 1 aromatic heterocycles. The van der Waals surface area contributed by atoms with Gasteiger partial charge in [0.25, 0.3) is 5.56 Å². The van der Waals surface area contributed by atoms with Crippen molar-refractivity contribution in [2.45, 2.75) is 26.6 Å². The van der Waals surface area contributed by atoms with Crippen molar-refractivity contribution in [2.75, 3.05) is 13.7 Å². The molecule has 35 heavy (non-hydrogen) atoms. The average molecular weight is 506 g/mol. The Bertz CT molecular complexity index is 1420. The number of ketones is 1. The highest BCUT2D eigenvalue weighted by molar-refractivity contribution is 7.07. The zero-order chi connectivity index (χ0) is 25.8. The fourth-order valence-corrected chi connectivity index (χ4v) is 4.32. The number of ether oxygens (including phenoxy) is 2. The Labute approximate surface area is 202 Å². The van der Waals surface area contributed by atoms with Gasteiger partial charge in [-0.15, -0.1) is 11.3 Å². The summed E-state index contributed by atoms with van der Waals surface area (Å²) in [5.41, 5.74) is 0.103. The lowest BCUT2D eigenvalue weighted by Crippen LogP contribution is -2.32. The number of methoxy groups -OCH3 is 1. The SMILES string of the molecule is CCOC(=O)C=c1sc(=Cc2ccc(C(F)(F)F)cc2)c(=O)n1Cc1cc(C(C)=O)ccc1OC. The van der Waals surface area contributed by atoms with E-state index in [1.54, 1.807) is 25.1 Å². The van der Waals surface area contributed by atoms with Gasteiger partial charge in [0.1, 0.15) is 10.4 Å². The molecule has 0 aliphatic carbocycles. The molecule has 0 spiro atoms. The van der Waals surface area contributed by atoms with Crippen LogP contribution in [0, 0.1) is 0 Å². The molecule has 3 aromatic rings. The van der Waals surface area contributed by atoms with Gasteiger partial charge in [-0.25, -0.2) is 4.79 Å². The highest BCUT2D eigenvalue weighted by atomic mass is 32.1. The summed E-state index contributed by atoms with van der Waals surface area (Å²) < 4.78 is 50.7. The second-order valence-corrected chi connectivity index (χ2v) is 8.50. The van der Waals surface area contributed by atoms with Crippen molar-refractivity contribution in [1.82, 2.24) is 4.57 Å². The minimum absolute atomic E-state index is 0.00822. The number of rotatable bonds is 7. The Morgan fingerprint density at radius 2 is 1.80 bits per heavy atom.